The van der Waals surface area contributed by atoms with Crippen molar-refractivity contribution in [2.75, 3.05) is 19.8 Å². The molecule has 0 aliphatic carbocycles. The van der Waals surface area contributed by atoms with Gasteiger partial charge < -0.3 is 19.5 Å². The summed E-state index contributed by atoms with van der Waals surface area (Å²) in [5.41, 5.74) is 4.02. The molecule has 0 bridgehead atoms. The number of hydrogen-bond acceptors (Lipinski definition) is 7. The fourth-order valence-electron chi connectivity index (χ4n) is 2.62. The lowest BCUT2D eigenvalue weighted by atomic mass is 10.1. The summed E-state index contributed by atoms with van der Waals surface area (Å²) in [6.07, 6.45) is 1.07. The molecule has 170 valence electrons. The summed E-state index contributed by atoms with van der Waals surface area (Å²) >= 11 is 0. The van der Waals surface area contributed by atoms with Crippen molar-refractivity contribution in [2.24, 2.45) is 5.10 Å². The maximum atomic E-state index is 12.6. The number of esters is 1. The van der Waals surface area contributed by atoms with E-state index in [2.05, 4.69) is 15.8 Å². The van der Waals surface area contributed by atoms with Crippen LogP contribution in [-0.4, -0.2) is 50.0 Å². The number of rotatable bonds is 11. The maximum absolute atomic E-state index is 12.6. The summed E-state index contributed by atoms with van der Waals surface area (Å²) in [5, 5.41) is 6.51. The highest BCUT2D eigenvalue weighted by Crippen LogP contribution is 2.11. The van der Waals surface area contributed by atoms with Crippen molar-refractivity contribution >= 4 is 24.2 Å². The summed E-state index contributed by atoms with van der Waals surface area (Å²) in [6.45, 7) is 3.73. The Kier molecular flexibility index (Phi) is 10.2. The van der Waals surface area contributed by atoms with Crippen LogP contribution in [0.5, 0.6) is 5.75 Å². The number of ether oxygens (including phenoxy) is 3. The summed E-state index contributed by atoms with van der Waals surface area (Å²) in [4.78, 5) is 35.7. The second-order valence-electron chi connectivity index (χ2n) is 6.50. The quantitative estimate of drug-likeness (QED) is 0.314. The van der Waals surface area contributed by atoms with E-state index in [4.69, 9.17) is 14.2 Å². The summed E-state index contributed by atoms with van der Waals surface area (Å²) in [7, 11) is 0. The first-order chi connectivity index (χ1) is 15.5. The molecular weight excluding hydrogens is 414 g/mol. The molecule has 0 saturated heterocycles. The molecule has 2 rings (SSSR count). The van der Waals surface area contributed by atoms with Crippen molar-refractivity contribution in [3.63, 3.8) is 0 Å². The van der Waals surface area contributed by atoms with Crippen LogP contribution in [0.15, 0.2) is 59.7 Å². The Balaban J connectivity index is 1.92. The Morgan fingerprint density at radius 1 is 0.969 bits per heavy atom. The lowest BCUT2D eigenvalue weighted by molar-refractivity contribution is -0.145. The Labute approximate surface area is 186 Å². The number of benzene rings is 2. The zero-order valence-electron chi connectivity index (χ0n) is 18.1. The average molecular weight is 441 g/mol. The minimum Gasteiger partial charge on any atom is -0.482 e. The number of carbonyl (C=O) groups is 3. The van der Waals surface area contributed by atoms with Crippen LogP contribution in [0.4, 0.5) is 4.79 Å². The minimum atomic E-state index is -0.854. The van der Waals surface area contributed by atoms with Gasteiger partial charge in [-0.1, -0.05) is 30.3 Å². The van der Waals surface area contributed by atoms with Gasteiger partial charge in [0.1, 0.15) is 11.8 Å². The first-order valence-electron chi connectivity index (χ1n) is 10.2. The second kappa shape index (κ2) is 13.4. The molecule has 9 heteroatoms. The van der Waals surface area contributed by atoms with E-state index < -0.39 is 24.0 Å². The second-order valence-corrected chi connectivity index (χ2v) is 6.50. The van der Waals surface area contributed by atoms with Crippen LogP contribution < -0.4 is 15.5 Å². The summed E-state index contributed by atoms with van der Waals surface area (Å²) in [5.74, 6) is -0.421. The normalized spacial score (nSPS) is 11.4. The third kappa shape index (κ3) is 8.86. The Hall–Kier alpha value is -3.88. The van der Waals surface area contributed by atoms with E-state index in [1.54, 1.807) is 38.1 Å². The van der Waals surface area contributed by atoms with Crippen molar-refractivity contribution in [3.05, 3.63) is 65.7 Å². The molecule has 0 aliphatic rings. The first kappa shape index (κ1) is 24.4. The van der Waals surface area contributed by atoms with E-state index in [-0.39, 0.29) is 19.6 Å². The third-order valence-corrected chi connectivity index (χ3v) is 4.10. The van der Waals surface area contributed by atoms with Crippen molar-refractivity contribution in [1.82, 2.24) is 10.7 Å². The molecular formula is C23H27N3O6. The largest absolute Gasteiger partial charge is 0.482 e. The highest BCUT2D eigenvalue weighted by atomic mass is 16.6. The predicted molar refractivity (Wildman–Crippen MR) is 118 cm³/mol. The number of carbonyl (C=O) groups excluding carboxylic acids is 3. The van der Waals surface area contributed by atoms with Gasteiger partial charge in [0, 0.05) is 6.42 Å². The molecule has 2 aromatic rings. The number of nitrogens with zero attached hydrogens (tertiary/aromatic N) is 1. The molecule has 32 heavy (non-hydrogen) atoms. The highest BCUT2D eigenvalue weighted by Gasteiger charge is 2.21. The van der Waals surface area contributed by atoms with Crippen molar-refractivity contribution in [1.29, 1.82) is 0 Å². The standard InChI is InChI=1S/C23H27N3O6/c1-3-30-21(27)16-32-19-12-10-18(11-13-19)15-24-26-22(28)20(25-23(29)31-4-2)14-17-8-6-5-7-9-17/h5-13,15,20H,3-4,14,16H2,1-2H3,(H,25,29)(H,26,28)/b24-15-/t20-/m1/s1. The zero-order valence-corrected chi connectivity index (χ0v) is 18.1. The van der Waals surface area contributed by atoms with E-state index in [1.165, 1.54) is 6.21 Å². The molecule has 0 saturated carbocycles. The smallest absolute Gasteiger partial charge is 0.407 e. The van der Waals surface area contributed by atoms with Crippen molar-refractivity contribution in [2.45, 2.75) is 26.3 Å². The monoisotopic (exact) mass is 441 g/mol. The van der Waals surface area contributed by atoms with Crippen LogP contribution in [0, 0.1) is 0 Å². The number of nitrogens with one attached hydrogen (secondary N) is 2. The molecule has 0 heterocycles. The van der Waals surface area contributed by atoms with E-state index in [9.17, 15) is 14.4 Å². The fraction of sp³-hybridized carbons (Fsp3) is 0.304. The van der Waals surface area contributed by atoms with Gasteiger partial charge in [0.25, 0.3) is 5.91 Å². The molecule has 0 aliphatic heterocycles. The minimum absolute atomic E-state index is 0.173. The Bertz CT molecular complexity index is 900. The van der Waals surface area contributed by atoms with Crippen molar-refractivity contribution < 1.29 is 28.6 Å². The van der Waals surface area contributed by atoms with Crippen LogP contribution in [-0.2, 0) is 25.5 Å². The van der Waals surface area contributed by atoms with E-state index in [0.29, 0.717) is 17.9 Å². The lowest BCUT2D eigenvalue weighted by Gasteiger charge is -2.16. The number of hydrogen-bond donors (Lipinski definition) is 2. The highest BCUT2D eigenvalue weighted by molar-refractivity contribution is 5.87. The third-order valence-electron chi connectivity index (χ3n) is 4.10. The molecule has 2 amide bonds. The van der Waals surface area contributed by atoms with Crippen molar-refractivity contribution in [3.8, 4) is 5.75 Å². The number of alkyl carbamates (subject to hydrolysis) is 1. The summed E-state index contributed by atoms with van der Waals surface area (Å²) < 4.78 is 15.0. The van der Waals surface area contributed by atoms with Gasteiger partial charge in [0.15, 0.2) is 6.61 Å². The van der Waals surface area contributed by atoms with Gasteiger partial charge in [-0.15, -0.1) is 0 Å². The van der Waals surface area contributed by atoms with Crippen LogP contribution in [0.1, 0.15) is 25.0 Å². The summed E-state index contributed by atoms with van der Waals surface area (Å²) in [6, 6.07) is 15.2. The predicted octanol–water partition coefficient (Wildman–Crippen LogP) is 2.44. The van der Waals surface area contributed by atoms with E-state index in [1.807, 2.05) is 30.3 Å². The molecule has 2 aromatic carbocycles. The average Bonchev–Trinajstić information content (AvgIpc) is 2.79. The topological polar surface area (TPSA) is 115 Å². The molecule has 0 unspecified atom stereocenters. The van der Waals surface area contributed by atoms with Gasteiger partial charge in [-0.25, -0.2) is 15.0 Å². The van der Waals surface area contributed by atoms with Crippen LogP contribution in [0.25, 0.3) is 0 Å². The molecule has 9 nitrogen and oxygen atoms in total. The van der Waals surface area contributed by atoms with E-state index in [0.717, 1.165) is 5.56 Å². The van der Waals surface area contributed by atoms with Gasteiger partial charge in [0.2, 0.25) is 0 Å². The molecule has 0 radical (unpaired) electrons. The van der Waals surface area contributed by atoms with Crippen LogP contribution >= 0.6 is 0 Å². The van der Waals surface area contributed by atoms with Gasteiger partial charge in [-0.2, -0.15) is 5.10 Å². The van der Waals surface area contributed by atoms with Crippen LogP contribution in [0.2, 0.25) is 0 Å². The molecule has 0 fully saturated rings. The van der Waals surface area contributed by atoms with Gasteiger partial charge >= 0.3 is 12.1 Å². The molecule has 2 N–H and O–H groups in total. The number of hydrazone groups is 1. The molecule has 0 spiro atoms. The Morgan fingerprint density at radius 3 is 2.31 bits per heavy atom. The SMILES string of the molecule is CCOC(=O)COc1ccc(/C=N\NC(=O)[C@@H](Cc2ccccc2)NC(=O)OCC)cc1. The van der Waals surface area contributed by atoms with Gasteiger partial charge in [0.05, 0.1) is 19.4 Å². The van der Waals surface area contributed by atoms with Crippen LogP contribution in [0.3, 0.4) is 0 Å². The maximum Gasteiger partial charge on any atom is 0.407 e. The molecule has 0 aromatic heterocycles. The first-order valence-corrected chi connectivity index (χ1v) is 10.2. The fourth-order valence-corrected chi connectivity index (χ4v) is 2.62. The molecule has 1 atom stereocenters. The number of amides is 2. The lowest BCUT2D eigenvalue weighted by Crippen LogP contribution is -2.47. The van der Waals surface area contributed by atoms with Gasteiger partial charge in [-0.05, 0) is 49.2 Å². The Morgan fingerprint density at radius 2 is 1.66 bits per heavy atom. The van der Waals surface area contributed by atoms with Gasteiger partial charge in [-0.3, -0.25) is 4.79 Å². The zero-order chi connectivity index (χ0) is 23.2. The van der Waals surface area contributed by atoms with E-state index >= 15 is 0 Å².